The lowest BCUT2D eigenvalue weighted by molar-refractivity contribution is 1.39. The fourth-order valence-electron chi connectivity index (χ4n) is 1.46. The Kier molecular flexibility index (Phi) is 3.05. The van der Waals surface area contributed by atoms with E-state index in [4.69, 9.17) is 0 Å². The average Bonchev–Trinajstić information content (AvgIpc) is 3.00. The van der Waals surface area contributed by atoms with E-state index in [0.717, 1.165) is 25.6 Å². The Bertz CT molecular complexity index is 614. The van der Waals surface area contributed by atoms with E-state index in [-0.39, 0.29) is 0 Å². The summed E-state index contributed by atoms with van der Waals surface area (Å²) in [4.78, 5) is 9.82. The van der Waals surface area contributed by atoms with Crippen LogP contribution in [0.2, 0.25) is 0 Å². The number of hydrogen-bond donors (Lipinski definition) is 0. The maximum absolute atomic E-state index is 4.63. The number of benzene rings is 1. The Labute approximate surface area is 115 Å². The topological polar surface area (TPSA) is 25.8 Å². The molecule has 0 aliphatic carbocycles. The number of hydrogen-bond acceptors (Lipinski definition) is 4. The second-order valence-corrected chi connectivity index (χ2v) is 6.07. The number of rotatable bonds is 2. The van der Waals surface area contributed by atoms with Gasteiger partial charge in [0.1, 0.15) is 5.01 Å². The first-order valence-electron chi connectivity index (χ1n) is 4.93. The molecule has 2 nitrogen and oxygen atoms in total. The maximum Gasteiger partial charge on any atom is 0.135 e. The summed E-state index contributed by atoms with van der Waals surface area (Å²) < 4.78 is 1.08. The van der Waals surface area contributed by atoms with E-state index < -0.39 is 0 Å². The van der Waals surface area contributed by atoms with Crippen molar-refractivity contribution in [3.05, 3.63) is 45.8 Å². The van der Waals surface area contributed by atoms with Gasteiger partial charge < -0.3 is 0 Å². The van der Waals surface area contributed by atoms with Crippen LogP contribution in [0.4, 0.5) is 0 Å². The van der Waals surface area contributed by atoms with Crippen LogP contribution in [-0.4, -0.2) is 9.97 Å². The molecule has 3 rings (SSSR count). The Morgan fingerprint density at radius 2 is 1.88 bits per heavy atom. The molecule has 2 aromatic heterocycles. The Balaban J connectivity index is 1.98. The average molecular weight is 323 g/mol. The van der Waals surface area contributed by atoms with Crippen molar-refractivity contribution in [3.63, 3.8) is 0 Å². The summed E-state index contributed by atoms with van der Waals surface area (Å²) >= 11 is 6.70. The van der Waals surface area contributed by atoms with Crippen molar-refractivity contribution in [2.45, 2.75) is 0 Å². The van der Waals surface area contributed by atoms with Gasteiger partial charge in [0, 0.05) is 21.6 Å². The molecule has 1 aromatic carbocycles. The molecule has 0 saturated heterocycles. The predicted octanol–water partition coefficient (Wildman–Crippen LogP) is 4.70. The van der Waals surface area contributed by atoms with Crippen LogP contribution in [0.5, 0.6) is 0 Å². The first-order valence-corrected chi connectivity index (χ1v) is 7.48. The number of halogens is 1. The van der Waals surface area contributed by atoms with Gasteiger partial charge in [0.25, 0.3) is 0 Å². The minimum Gasteiger partial charge on any atom is -0.252 e. The van der Waals surface area contributed by atoms with Gasteiger partial charge in [0.15, 0.2) is 0 Å². The zero-order valence-corrected chi connectivity index (χ0v) is 11.8. The smallest absolute Gasteiger partial charge is 0.135 e. The summed E-state index contributed by atoms with van der Waals surface area (Å²) in [6.45, 7) is 0. The Morgan fingerprint density at radius 3 is 2.59 bits per heavy atom. The number of thiazole rings is 2. The van der Waals surface area contributed by atoms with Gasteiger partial charge in [-0.1, -0.05) is 28.1 Å². The zero-order valence-electron chi connectivity index (χ0n) is 8.63. The molecule has 84 valence electrons. The maximum atomic E-state index is 4.63. The molecule has 17 heavy (non-hydrogen) atoms. The molecule has 0 amide bonds. The highest BCUT2D eigenvalue weighted by Gasteiger charge is 2.07. The van der Waals surface area contributed by atoms with Crippen LogP contribution in [0.3, 0.4) is 0 Å². The van der Waals surface area contributed by atoms with Gasteiger partial charge in [-0.3, -0.25) is 4.98 Å². The highest BCUT2D eigenvalue weighted by atomic mass is 79.9. The lowest BCUT2D eigenvalue weighted by Gasteiger charge is -1.95. The van der Waals surface area contributed by atoms with Gasteiger partial charge in [0.05, 0.1) is 16.1 Å². The summed E-state index contributed by atoms with van der Waals surface area (Å²) in [5.41, 5.74) is 3.99. The summed E-state index contributed by atoms with van der Waals surface area (Å²) in [5.74, 6) is 0. The molecule has 0 atom stereocenters. The van der Waals surface area contributed by atoms with E-state index in [1.165, 1.54) is 0 Å². The number of aromatic nitrogens is 2. The SMILES string of the molecule is Brc1ccc(-c2csc(-c3cncs3)n2)cc1. The van der Waals surface area contributed by atoms with E-state index in [1.807, 2.05) is 23.8 Å². The Hall–Kier alpha value is -1.04. The fraction of sp³-hybridized carbons (Fsp3) is 0. The van der Waals surface area contributed by atoms with Gasteiger partial charge in [0.2, 0.25) is 0 Å². The molecule has 2 heterocycles. The first-order chi connectivity index (χ1) is 8.33. The van der Waals surface area contributed by atoms with Crippen LogP contribution < -0.4 is 0 Å². The van der Waals surface area contributed by atoms with Crippen LogP contribution in [0.15, 0.2) is 45.8 Å². The van der Waals surface area contributed by atoms with E-state index in [9.17, 15) is 0 Å². The highest BCUT2D eigenvalue weighted by molar-refractivity contribution is 9.10. The van der Waals surface area contributed by atoms with Crippen LogP contribution in [0, 0.1) is 0 Å². The van der Waals surface area contributed by atoms with E-state index in [1.54, 1.807) is 22.7 Å². The Morgan fingerprint density at radius 1 is 1.06 bits per heavy atom. The van der Waals surface area contributed by atoms with Crippen molar-refractivity contribution in [2.75, 3.05) is 0 Å². The van der Waals surface area contributed by atoms with E-state index >= 15 is 0 Å². The number of nitrogens with zero attached hydrogens (tertiary/aromatic N) is 2. The third-order valence-corrected chi connectivity index (χ3v) is 4.60. The molecule has 0 saturated carbocycles. The van der Waals surface area contributed by atoms with Crippen molar-refractivity contribution in [1.29, 1.82) is 0 Å². The van der Waals surface area contributed by atoms with E-state index in [0.29, 0.717) is 0 Å². The molecule has 0 fully saturated rings. The van der Waals surface area contributed by atoms with E-state index in [2.05, 4.69) is 43.4 Å². The molecular weight excluding hydrogens is 316 g/mol. The summed E-state index contributed by atoms with van der Waals surface area (Å²) in [6.07, 6.45) is 1.86. The van der Waals surface area contributed by atoms with Gasteiger partial charge >= 0.3 is 0 Å². The van der Waals surface area contributed by atoms with Gasteiger partial charge in [-0.25, -0.2) is 4.98 Å². The monoisotopic (exact) mass is 322 g/mol. The van der Waals surface area contributed by atoms with Gasteiger partial charge in [-0.2, -0.15) is 0 Å². The standard InChI is InChI=1S/C12H7BrN2S2/c13-9-3-1-8(2-4-9)10-6-16-12(15-10)11-5-14-7-17-11/h1-7H. The van der Waals surface area contributed by atoms with Crippen molar-refractivity contribution in [2.24, 2.45) is 0 Å². The first kappa shape index (κ1) is 11.1. The fourth-order valence-corrected chi connectivity index (χ4v) is 3.25. The second-order valence-electron chi connectivity index (χ2n) is 3.41. The molecule has 0 radical (unpaired) electrons. The molecule has 0 spiro atoms. The predicted molar refractivity (Wildman–Crippen MR) is 76.4 cm³/mol. The molecule has 0 bridgehead atoms. The minimum atomic E-state index is 1.02. The lowest BCUT2D eigenvalue weighted by Crippen LogP contribution is -1.77. The normalized spacial score (nSPS) is 10.6. The van der Waals surface area contributed by atoms with Crippen molar-refractivity contribution >= 4 is 38.6 Å². The van der Waals surface area contributed by atoms with Crippen LogP contribution in [0.25, 0.3) is 21.1 Å². The second kappa shape index (κ2) is 4.68. The van der Waals surface area contributed by atoms with Crippen molar-refractivity contribution in [3.8, 4) is 21.1 Å². The van der Waals surface area contributed by atoms with Crippen LogP contribution >= 0.6 is 38.6 Å². The summed E-state index contributed by atoms with van der Waals surface area (Å²) in [5, 5.41) is 3.11. The van der Waals surface area contributed by atoms with Crippen LogP contribution in [0.1, 0.15) is 0 Å². The third kappa shape index (κ3) is 2.31. The van der Waals surface area contributed by atoms with Crippen molar-refractivity contribution in [1.82, 2.24) is 9.97 Å². The zero-order chi connectivity index (χ0) is 11.7. The lowest BCUT2D eigenvalue weighted by atomic mass is 10.2. The minimum absolute atomic E-state index is 1.02. The molecule has 0 aliphatic rings. The van der Waals surface area contributed by atoms with Gasteiger partial charge in [-0.15, -0.1) is 22.7 Å². The summed E-state index contributed by atoms with van der Waals surface area (Å²) in [7, 11) is 0. The van der Waals surface area contributed by atoms with Gasteiger partial charge in [-0.05, 0) is 12.1 Å². The molecular formula is C12H7BrN2S2. The molecule has 0 aliphatic heterocycles. The summed E-state index contributed by atoms with van der Waals surface area (Å²) in [6, 6.07) is 8.19. The van der Waals surface area contributed by atoms with Crippen LogP contribution in [-0.2, 0) is 0 Å². The highest BCUT2D eigenvalue weighted by Crippen LogP contribution is 2.31. The molecule has 0 N–H and O–H groups in total. The molecule has 0 unspecified atom stereocenters. The molecule has 3 aromatic rings. The third-order valence-electron chi connectivity index (χ3n) is 2.29. The van der Waals surface area contributed by atoms with Crippen molar-refractivity contribution < 1.29 is 0 Å². The largest absolute Gasteiger partial charge is 0.252 e. The quantitative estimate of drug-likeness (QED) is 0.683. The molecule has 5 heteroatoms.